The molecule has 0 saturated heterocycles. The van der Waals surface area contributed by atoms with E-state index < -0.39 is 0 Å². The molecular weight excluding hydrogens is 324 g/mol. The summed E-state index contributed by atoms with van der Waals surface area (Å²) in [7, 11) is 0. The van der Waals surface area contributed by atoms with Crippen molar-refractivity contribution in [2.75, 3.05) is 6.54 Å². The minimum Gasteiger partial charge on any atom is -0.352 e. The number of carbonyl (C=O) groups is 1. The fourth-order valence-electron chi connectivity index (χ4n) is 2.88. The predicted octanol–water partition coefficient (Wildman–Crippen LogP) is 3.54. The lowest BCUT2D eigenvalue weighted by molar-refractivity contribution is -0.116. The number of aromatic amines is 1. The van der Waals surface area contributed by atoms with E-state index in [-0.39, 0.29) is 11.5 Å². The maximum absolute atomic E-state index is 12.1. The van der Waals surface area contributed by atoms with Gasteiger partial charge in [0.2, 0.25) is 5.91 Å². The van der Waals surface area contributed by atoms with Gasteiger partial charge in [-0.05, 0) is 41.5 Å². The van der Waals surface area contributed by atoms with Gasteiger partial charge in [-0.1, -0.05) is 55.5 Å². The van der Waals surface area contributed by atoms with Gasteiger partial charge < -0.3 is 10.3 Å². The Morgan fingerprint density at radius 1 is 1.12 bits per heavy atom. The highest BCUT2D eigenvalue weighted by Gasteiger charge is 2.05. The van der Waals surface area contributed by atoms with Crippen LogP contribution in [0.4, 0.5) is 0 Å². The van der Waals surface area contributed by atoms with Crippen LogP contribution in [-0.2, 0) is 11.2 Å². The summed E-state index contributed by atoms with van der Waals surface area (Å²) in [6, 6.07) is 19.6. The second-order valence-corrected chi connectivity index (χ2v) is 6.51. The smallest absolute Gasteiger partial charge is 0.255 e. The lowest BCUT2D eigenvalue weighted by Crippen LogP contribution is -2.27. The maximum atomic E-state index is 12.1. The number of pyridine rings is 1. The maximum Gasteiger partial charge on any atom is 0.255 e. The van der Waals surface area contributed by atoms with Gasteiger partial charge in [0.1, 0.15) is 0 Å². The third-order valence-electron chi connectivity index (χ3n) is 4.25. The summed E-state index contributed by atoms with van der Waals surface area (Å²) >= 11 is 0. The van der Waals surface area contributed by atoms with E-state index in [4.69, 9.17) is 0 Å². The standard InChI is InChI=1S/C22H22N2O2/c1-16(13-17-7-3-2-4-8-17)15-23-21(25)12-11-19-14-18-9-5-6-10-20(18)24-22(19)26/h2-12,14,16H,13,15H2,1H3,(H,23,25)(H,24,26)/b12-11+. The molecule has 0 fully saturated rings. The summed E-state index contributed by atoms with van der Waals surface area (Å²) in [5.74, 6) is 0.135. The van der Waals surface area contributed by atoms with Crippen LogP contribution in [0.3, 0.4) is 0 Å². The first-order valence-corrected chi connectivity index (χ1v) is 8.74. The number of rotatable bonds is 6. The summed E-state index contributed by atoms with van der Waals surface area (Å²) in [6.45, 7) is 2.69. The number of carbonyl (C=O) groups excluding carboxylic acids is 1. The SMILES string of the molecule is CC(CNC(=O)/C=C/c1cc2ccccc2[nH]c1=O)Cc1ccccc1. The Kier molecular flexibility index (Phi) is 5.64. The van der Waals surface area contributed by atoms with E-state index >= 15 is 0 Å². The van der Waals surface area contributed by atoms with Crippen molar-refractivity contribution in [2.24, 2.45) is 5.92 Å². The average molecular weight is 346 g/mol. The Hall–Kier alpha value is -3.14. The summed E-state index contributed by atoms with van der Waals surface area (Å²) in [6.07, 6.45) is 3.88. The first-order chi connectivity index (χ1) is 12.6. The van der Waals surface area contributed by atoms with Crippen molar-refractivity contribution < 1.29 is 4.79 Å². The van der Waals surface area contributed by atoms with E-state index in [9.17, 15) is 9.59 Å². The minimum absolute atomic E-state index is 0.197. The molecule has 0 aliphatic rings. The minimum atomic E-state index is -0.204. The molecule has 4 nitrogen and oxygen atoms in total. The highest BCUT2D eigenvalue weighted by Crippen LogP contribution is 2.11. The van der Waals surface area contributed by atoms with Crippen molar-refractivity contribution in [3.63, 3.8) is 0 Å². The van der Waals surface area contributed by atoms with Crippen LogP contribution in [0.5, 0.6) is 0 Å². The fourth-order valence-corrected chi connectivity index (χ4v) is 2.88. The molecule has 3 aromatic rings. The quantitative estimate of drug-likeness (QED) is 0.671. The Labute approximate surface area is 152 Å². The molecule has 1 unspecified atom stereocenters. The third kappa shape index (κ3) is 4.70. The number of H-pyrrole nitrogens is 1. The number of hydrogen-bond donors (Lipinski definition) is 2. The van der Waals surface area contributed by atoms with Gasteiger partial charge in [0.05, 0.1) is 0 Å². The number of aromatic nitrogens is 1. The van der Waals surface area contributed by atoms with Gasteiger partial charge in [-0.25, -0.2) is 0 Å². The topological polar surface area (TPSA) is 62.0 Å². The monoisotopic (exact) mass is 346 g/mol. The van der Waals surface area contributed by atoms with Crippen LogP contribution in [0.1, 0.15) is 18.1 Å². The van der Waals surface area contributed by atoms with Crippen LogP contribution in [0.25, 0.3) is 17.0 Å². The van der Waals surface area contributed by atoms with Crippen molar-refractivity contribution in [2.45, 2.75) is 13.3 Å². The van der Waals surface area contributed by atoms with E-state index in [2.05, 4.69) is 29.4 Å². The largest absolute Gasteiger partial charge is 0.352 e. The van der Waals surface area contributed by atoms with Crippen LogP contribution >= 0.6 is 0 Å². The van der Waals surface area contributed by atoms with Gasteiger partial charge in [0.25, 0.3) is 5.56 Å². The molecule has 0 radical (unpaired) electrons. The highest BCUT2D eigenvalue weighted by molar-refractivity contribution is 5.92. The molecule has 1 aromatic heterocycles. The molecule has 0 spiro atoms. The molecule has 1 atom stereocenters. The number of amides is 1. The molecule has 132 valence electrons. The number of benzene rings is 2. The summed E-state index contributed by atoms with van der Waals surface area (Å²) in [5, 5.41) is 3.83. The van der Waals surface area contributed by atoms with Crippen molar-refractivity contribution >= 4 is 22.9 Å². The Balaban J connectivity index is 1.57. The molecular formula is C22H22N2O2. The zero-order valence-corrected chi connectivity index (χ0v) is 14.7. The number of nitrogens with one attached hydrogen (secondary N) is 2. The van der Waals surface area contributed by atoms with Crippen LogP contribution in [-0.4, -0.2) is 17.4 Å². The normalized spacial score (nSPS) is 12.3. The van der Waals surface area contributed by atoms with Crippen LogP contribution in [0.15, 0.2) is 71.5 Å². The third-order valence-corrected chi connectivity index (χ3v) is 4.25. The van der Waals surface area contributed by atoms with E-state index in [1.54, 1.807) is 12.1 Å². The highest BCUT2D eigenvalue weighted by atomic mass is 16.1. The van der Waals surface area contributed by atoms with Crippen molar-refractivity contribution in [1.82, 2.24) is 10.3 Å². The van der Waals surface area contributed by atoms with E-state index in [0.29, 0.717) is 18.0 Å². The molecule has 0 aliphatic carbocycles. The number of para-hydroxylation sites is 1. The zero-order valence-electron chi connectivity index (χ0n) is 14.7. The van der Waals surface area contributed by atoms with Gasteiger partial charge >= 0.3 is 0 Å². The molecule has 1 amide bonds. The Morgan fingerprint density at radius 3 is 2.65 bits per heavy atom. The molecule has 3 rings (SSSR count). The van der Waals surface area contributed by atoms with Crippen LogP contribution < -0.4 is 10.9 Å². The van der Waals surface area contributed by atoms with Crippen molar-refractivity contribution in [3.05, 3.63) is 88.2 Å². The molecule has 0 bridgehead atoms. The molecule has 4 heteroatoms. The van der Waals surface area contributed by atoms with E-state index in [1.807, 2.05) is 42.5 Å². The lowest BCUT2D eigenvalue weighted by Gasteiger charge is -2.11. The van der Waals surface area contributed by atoms with Crippen LogP contribution in [0, 0.1) is 5.92 Å². The molecule has 1 heterocycles. The van der Waals surface area contributed by atoms with Crippen molar-refractivity contribution in [3.8, 4) is 0 Å². The summed E-state index contributed by atoms with van der Waals surface area (Å²) in [5.41, 5.74) is 2.31. The first-order valence-electron chi connectivity index (χ1n) is 8.74. The summed E-state index contributed by atoms with van der Waals surface area (Å²) in [4.78, 5) is 26.9. The number of fused-ring (bicyclic) bond motifs is 1. The van der Waals surface area contributed by atoms with Crippen LogP contribution in [0.2, 0.25) is 0 Å². The molecule has 2 aromatic carbocycles. The summed E-state index contributed by atoms with van der Waals surface area (Å²) < 4.78 is 0. The first kappa shape index (κ1) is 17.7. The second-order valence-electron chi connectivity index (χ2n) is 6.51. The van der Waals surface area contributed by atoms with Gasteiger partial charge in [-0.3, -0.25) is 9.59 Å². The fraction of sp³-hybridized carbons (Fsp3) is 0.182. The van der Waals surface area contributed by atoms with Gasteiger partial charge in [-0.15, -0.1) is 0 Å². The molecule has 26 heavy (non-hydrogen) atoms. The van der Waals surface area contributed by atoms with E-state index in [0.717, 1.165) is 17.3 Å². The Bertz CT molecular complexity index is 974. The lowest BCUT2D eigenvalue weighted by atomic mass is 10.0. The van der Waals surface area contributed by atoms with Gasteiger partial charge in [-0.2, -0.15) is 0 Å². The Morgan fingerprint density at radius 2 is 1.85 bits per heavy atom. The average Bonchev–Trinajstić information content (AvgIpc) is 2.65. The predicted molar refractivity (Wildman–Crippen MR) is 106 cm³/mol. The van der Waals surface area contributed by atoms with Crippen molar-refractivity contribution in [1.29, 1.82) is 0 Å². The second kappa shape index (κ2) is 8.30. The zero-order chi connectivity index (χ0) is 18.4. The number of hydrogen-bond acceptors (Lipinski definition) is 2. The molecule has 0 saturated carbocycles. The molecule has 0 aliphatic heterocycles. The van der Waals surface area contributed by atoms with Gasteiger partial charge in [0, 0.05) is 23.7 Å². The molecule has 2 N–H and O–H groups in total. The van der Waals surface area contributed by atoms with Gasteiger partial charge in [0.15, 0.2) is 0 Å². The van der Waals surface area contributed by atoms with E-state index in [1.165, 1.54) is 11.6 Å².